The van der Waals surface area contributed by atoms with E-state index in [1.165, 1.54) is 0 Å². The molecule has 1 N–H and O–H groups in total. The van der Waals surface area contributed by atoms with E-state index in [4.69, 9.17) is 5.11 Å². The molecule has 1 unspecified atom stereocenters. The molecule has 2 heterocycles. The van der Waals surface area contributed by atoms with Gasteiger partial charge in [0.15, 0.2) is 0 Å². The topological polar surface area (TPSA) is 75.4 Å². The van der Waals surface area contributed by atoms with Crippen LogP contribution in [0.2, 0.25) is 0 Å². The summed E-state index contributed by atoms with van der Waals surface area (Å²) in [5.41, 5.74) is 1.17. The zero-order chi connectivity index (χ0) is 16.4. The number of carbonyl (C=O) groups excluding carboxylic acids is 1. The lowest BCUT2D eigenvalue weighted by Crippen LogP contribution is -2.37. The lowest BCUT2D eigenvalue weighted by Gasteiger charge is -2.27. The van der Waals surface area contributed by atoms with Crippen LogP contribution in [0.5, 0.6) is 0 Å². The molecule has 0 bridgehead atoms. The largest absolute Gasteiger partial charge is 0.478 e. The van der Waals surface area contributed by atoms with Crippen LogP contribution in [0.15, 0.2) is 36.7 Å². The summed E-state index contributed by atoms with van der Waals surface area (Å²) in [5, 5.41) is 8.91. The fourth-order valence-corrected chi connectivity index (χ4v) is 2.98. The van der Waals surface area contributed by atoms with Gasteiger partial charge >= 0.3 is 5.97 Å². The van der Waals surface area contributed by atoms with Crippen LogP contribution in [0.25, 0.3) is 0 Å². The van der Waals surface area contributed by atoms with Gasteiger partial charge in [0, 0.05) is 39.0 Å². The first-order valence-corrected chi connectivity index (χ1v) is 7.62. The van der Waals surface area contributed by atoms with Gasteiger partial charge in [-0.25, -0.2) is 9.78 Å². The quantitative estimate of drug-likeness (QED) is 0.934. The average Bonchev–Trinajstić information content (AvgIpc) is 3.02. The minimum absolute atomic E-state index is 0.0278. The summed E-state index contributed by atoms with van der Waals surface area (Å²) in [6, 6.07) is 6.63. The molecule has 1 atom stereocenters. The number of carboxylic acids is 1. The van der Waals surface area contributed by atoms with Crippen molar-refractivity contribution in [1.82, 2.24) is 14.5 Å². The number of aromatic carboxylic acids is 1. The van der Waals surface area contributed by atoms with Gasteiger partial charge in [-0.1, -0.05) is 12.1 Å². The number of amides is 1. The Balaban J connectivity index is 1.63. The van der Waals surface area contributed by atoms with Crippen LogP contribution in [0.1, 0.15) is 28.2 Å². The van der Waals surface area contributed by atoms with Gasteiger partial charge in [0.25, 0.3) is 0 Å². The third-order valence-corrected chi connectivity index (χ3v) is 4.28. The fraction of sp³-hybridized carbons (Fsp3) is 0.353. The zero-order valence-electron chi connectivity index (χ0n) is 13.0. The molecule has 0 saturated carbocycles. The molecule has 120 valence electrons. The summed E-state index contributed by atoms with van der Waals surface area (Å²) in [6.45, 7) is 1.16. The van der Waals surface area contributed by atoms with Crippen LogP contribution in [0, 0.1) is 5.92 Å². The highest BCUT2D eigenvalue weighted by atomic mass is 16.4. The summed E-state index contributed by atoms with van der Waals surface area (Å²) < 4.78 is 2.04. The van der Waals surface area contributed by atoms with Crippen LogP contribution in [-0.4, -0.2) is 38.5 Å². The maximum absolute atomic E-state index is 12.6. The molecule has 1 aliphatic rings. The number of aromatic nitrogens is 2. The predicted molar refractivity (Wildman–Crippen MR) is 83.9 cm³/mol. The second kappa shape index (κ2) is 6.24. The molecule has 0 spiro atoms. The molecule has 6 nitrogen and oxygen atoms in total. The minimum atomic E-state index is -0.945. The fourth-order valence-electron chi connectivity index (χ4n) is 2.98. The Morgan fingerprint density at radius 3 is 2.78 bits per heavy atom. The molecule has 1 aromatic carbocycles. The molecule has 0 radical (unpaired) electrons. The molecule has 1 amide bonds. The molecule has 0 saturated heterocycles. The number of imidazole rings is 1. The van der Waals surface area contributed by atoms with Gasteiger partial charge in [-0.3, -0.25) is 4.79 Å². The van der Waals surface area contributed by atoms with Crippen LogP contribution in [0.3, 0.4) is 0 Å². The van der Waals surface area contributed by atoms with E-state index >= 15 is 0 Å². The summed E-state index contributed by atoms with van der Waals surface area (Å²) >= 11 is 0. The van der Waals surface area contributed by atoms with Crippen molar-refractivity contribution >= 4 is 11.9 Å². The molecule has 1 aliphatic heterocycles. The van der Waals surface area contributed by atoms with Crippen molar-refractivity contribution < 1.29 is 14.7 Å². The highest BCUT2D eigenvalue weighted by Crippen LogP contribution is 2.21. The molecule has 23 heavy (non-hydrogen) atoms. The average molecular weight is 313 g/mol. The molecular weight excluding hydrogens is 294 g/mol. The van der Waals surface area contributed by atoms with Gasteiger partial charge in [-0.2, -0.15) is 0 Å². The molecule has 3 rings (SSSR count). The Hall–Kier alpha value is -2.63. The minimum Gasteiger partial charge on any atom is -0.478 e. The Labute approximate surface area is 134 Å². The van der Waals surface area contributed by atoms with Crippen molar-refractivity contribution in [3.63, 3.8) is 0 Å². The first kappa shape index (κ1) is 15.3. The smallest absolute Gasteiger partial charge is 0.335 e. The maximum Gasteiger partial charge on any atom is 0.335 e. The van der Waals surface area contributed by atoms with Crippen LogP contribution in [0.4, 0.5) is 0 Å². The number of fused-ring (bicyclic) bond motifs is 1. The number of hydrogen-bond donors (Lipinski definition) is 1. The lowest BCUT2D eigenvalue weighted by atomic mass is 9.97. The van der Waals surface area contributed by atoms with E-state index in [0.717, 1.165) is 24.2 Å². The third kappa shape index (κ3) is 3.26. The first-order chi connectivity index (χ1) is 11.0. The number of rotatable bonds is 4. The number of carboxylic acid groups (broad SMARTS) is 1. The van der Waals surface area contributed by atoms with Crippen molar-refractivity contribution in [3.8, 4) is 0 Å². The Bertz CT molecular complexity index is 721. The number of carbonyl (C=O) groups is 2. The van der Waals surface area contributed by atoms with Crippen molar-refractivity contribution in [3.05, 3.63) is 53.6 Å². The van der Waals surface area contributed by atoms with E-state index in [2.05, 4.69) is 4.98 Å². The normalized spacial score (nSPS) is 16.7. The van der Waals surface area contributed by atoms with Crippen molar-refractivity contribution in [1.29, 1.82) is 0 Å². The second-order valence-electron chi connectivity index (χ2n) is 5.93. The SMILES string of the molecule is CN(Cc1ccc(C(=O)O)cc1)C(=O)C1CCc2nccn2C1. The number of benzene rings is 1. The van der Waals surface area contributed by atoms with Crippen LogP contribution in [-0.2, 0) is 24.3 Å². The van der Waals surface area contributed by atoms with Gasteiger partial charge in [0.05, 0.1) is 11.5 Å². The first-order valence-electron chi connectivity index (χ1n) is 7.62. The van der Waals surface area contributed by atoms with Gasteiger partial charge in [-0.15, -0.1) is 0 Å². The number of nitrogens with zero attached hydrogens (tertiary/aromatic N) is 3. The lowest BCUT2D eigenvalue weighted by molar-refractivity contribution is -0.135. The van der Waals surface area contributed by atoms with E-state index in [1.54, 1.807) is 42.4 Å². The van der Waals surface area contributed by atoms with E-state index in [9.17, 15) is 9.59 Å². The van der Waals surface area contributed by atoms with E-state index < -0.39 is 5.97 Å². The van der Waals surface area contributed by atoms with Gasteiger partial charge in [-0.05, 0) is 24.1 Å². The van der Waals surface area contributed by atoms with Gasteiger partial charge in [0.1, 0.15) is 5.82 Å². The van der Waals surface area contributed by atoms with E-state index in [-0.39, 0.29) is 17.4 Å². The Kier molecular flexibility index (Phi) is 4.14. The standard InChI is InChI=1S/C17H19N3O3/c1-19(10-12-2-4-13(5-3-12)17(22)23)16(21)14-6-7-15-18-8-9-20(15)11-14/h2-5,8-9,14H,6-7,10-11H2,1H3,(H,22,23). The molecule has 2 aromatic rings. The van der Waals surface area contributed by atoms with Crippen LogP contribution < -0.4 is 0 Å². The summed E-state index contributed by atoms with van der Waals surface area (Å²) in [5.74, 6) is 0.187. The maximum atomic E-state index is 12.6. The molecule has 6 heteroatoms. The summed E-state index contributed by atoms with van der Waals surface area (Å²) in [6.07, 6.45) is 5.33. The molecule has 0 aliphatic carbocycles. The Morgan fingerprint density at radius 1 is 1.35 bits per heavy atom. The third-order valence-electron chi connectivity index (χ3n) is 4.28. The highest BCUT2D eigenvalue weighted by Gasteiger charge is 2.27. The van der Waals surface area contributed by atoms with Gasteiger partial charge in [0.2, 0.25) is 5.91 Å². The van der Waals surface area contributed by atoms with E-state index in [0.29, 0.717) is 13.1 Å². The zero-order valence-corrected chi connectivity index (χ0v) is 13.0. The molecule has 1 aromatic heterocycles. The van der Waals surface area contributed by atoms with Crippen LogP contribution >= 0.6 is 0 Å². The Morgan fingerprint density at radius 2 is 2.09 bits per heavy atom. The number of hydrogen-bond acceptors (Lipinski definition) is 3. The van der Waals surface area contributed by atoms with Crippen molar-refractivity contribution in [2.24, 2.45) is 5.92 Å². The van der Waals surface area contributed by atoms with Gasteiger partial charge < -0.3 is 14.6 Å². The molecule has 0 fully saturated rings. The number of aryl methyl sites for hydroxylation is 1. The summed E-state index contributed by atoms with van der Waals surface area (Å²) in [7, 11) is 1.79. The predicted octanol–water partition coefficient (Wildman–Crippen LogP) is 1.80. The second-order valence-corrected chi connectivity index (χ2v) is 5.93. The molecular formula is C17H19N3O3. The van der Waals surface area contributed by atoms with Crippen molar-refractivity contribution in [2.75, 3.05) is 7.05 Å². The monoisotopic (exact) mass is 313 g/mol. The highest BCUT2D eigenvalue weighted by molar-refractivity contribution is 5.87. The van der Waals surface area contributed by atoms with E-state index in [1.807, 2.05) is 10.8 Å². The summed E-state index contributed by atoms with van der Waals surface area (Å²) in [4.78, 5) is 29.4. The van der Waals surface area contributed by atoms with Crippen molar-refractivity contribution in [2.45, 2.75) is 25.9 Å².